The van der Waals surface area contributed by atoms with Crippen LogP contribution < -0.4 is 0 Å². The van der Waals surface area contributed by atoms with E-state index >= 15 is 0 Å². The maximum atomic E-state index is 11.2. The molecule has 1 aliphatic rings. The topological polar surface area (TPSA) is 45.0 Å². The Morgan fingerprint density at radius 1 is 1.64 bits per heavy atom. The van der Waals surface area contributed by atoms with Gasteiger partial charge in [-0.2, -0.15) is 0 Å². The van der Waals surface area contributed by atoms with Crippen LogP contribution in [0.4, 0.5) is 0 Å². The van der Waals surface area contributed by atoms with E-state index in [0.717, 1.165) is 0 Å². The third-order valence-corrected chi connectivity index (χ3v) is 1.48. The lowest BCUT2D eigenvalue weighted by Crippen LogP contribution is -2.25. The predicted molar refractivity (Wildman–Crippen MR) is 42.8 cm³/mol. The number of amides is 1. The number of amidine groups is 1. The Morgan fingerprint density at radius 2 is 2.27 bits per heavy atom. The average Bonchev–Trinajstić information content (AvgIpc) is 2.19. The summed E-state index contributed by atoms with van der Waals surface area (Å²) in [5.74, 6) is 3.05. The molecule has 11 heavy (non-hydrogen) atoms. The molecule has 0 aliphatic carbocycles. The van der Waals surface area contributed by atoms with E-state index in [-0.39, 0.29) is 11.6 Å². The first-order valence-corrected chi connectivity index (χ1v) is 3.22. The highest BCUT2D eigenvalue weighted by Crippen LogP contribution is 2.08. The van der Waals surface area contributed by atoms with Crippen LogP contribution in [0, 0.1) is 0 Å². The third-order valence-electron chi connectivity index (χ3n) is 1.48. The molecular weight excluding hydrogens is 142 g/mol. The molecule has 0 saturated heterocycles. The quantitative estimate of drug-likeness (QED) is 0.356. The van der Waals surface area contributed by atoms with Gasteiger partial charge in [0.1, 0.15) is 5.84 Å². The Bertz CT molecular complexity index is 284. The molecule has 0 saturated carbocycles. The minimum Gasteiger partial charge on any atom is -0.298 e. The molecule has 1 amide bonds. The SMILES string of the molecule is CN=C=C1N=C(C)N(C)C1=O. The van der Waals surface area contributed by atoms with Crippen LogP contribution in [-0.2, 0) is 4.79 Å². The molecule has 0 bridgehead atoms. The monoisotopic (exact) mass is 151 g/mol. The van der Waals surface area contributed by atoms with Gasteiger partial charge in [-0.1, -0.05) is 0 Å². The van der Waals surface area contributed by atoms with Gasteiger partial charge < -0.3 is 0 Å². The average molecular weight is 151 g/mol. The van der Waals surface area contributed by atoms with Crippen LogP contribution in [0.5, 0.6) is 0 Å². The van der Waals surface area contributed by atoms with Crippen molar-refractivity contribution in [3.05, 3.63) is 5.70 Å². The summed E-state index contributed by atoms with van der Waals surface area (Å²) < 4.78 is 0. The van der Waals surface area contributed by atoms with Crippen molar-refractivity contribution in [3.63, 3.8) is 0 Å². The lowest BCUT2D eigenvalue weighted by atomic mass is 10.5. The molecule has 0 aromatic carbocycles. The lowest BCUT2D eigenvalue weighted by molar-refractivity contribution is -0.121. The zero-order valence-corrected chi connectivity index (χ0v) is 6.75. The van der Waals surface area contributed by atoms with Gasteiger partial charge in [-0.3, -0.25) is 9.69 Å². The van der Waals surface area contributed by atoms with Gasteiger partial charge in [-0.25, -0.2) is 9.98 Å². The molecule has 0 unspecified atom stereocenters. The molecule has 0 aromatic rings. The Balaban J connectivity index is 3.09. The van der Waals surface area contributed by atoms with E-state index in [1.54, 1.807) is 21.0 Å². The first kappa shape index (κ1) is 7.69. The number of aliphatic imine (C=N–C) groups is 2. The number of rotatable bonds is 0. The van der Waals surface area contributed by atoms with Crippen LogP contribution in [0.15, 0.2) is 15.7 Å². The van der Waals surface area contributed by atoms with Crippen molar-refractivity contribution < 1.29 is 4.79 Å². The minimum atomic E-state index is -0.145. The Labute approximate surface area is 64.9 Å². The van der Waals surface area contributed by atoms with Crippen molar-refractivity contribution >= 4 is 17.6 Å². The molecule has 1 rings (SSSR count). The first-order valence-electron chi connectivity index (χ1n) is 3.22. The van der Waals surface area contributed by atoms with Crippen molar-refractivity contribution in [3.8, 4) is 0 Å². The second kappa shape index (κ2) is 2.68. The van der Waals surface area contributed by atoms with Crippen LogP contribution in [-0.4, -0.2) is 36.6 Å². The largest absolute Gasteiger partial charge is 0.298 e. The minimum absolute atomic E-state index is 0.145. The molecule has 58 valence electrons. The first-order chi connectivity index (χ1) is 5.16. The molecule has 0 spiro atoms. The third kappa shape index (κ3) is 1.21. The highest BCUT2D eigenvalue weighted by Gasteiger charge is 2.23. The normalized spacial score (nSPS) is 16.6. The fourth-order valence-corrected chi connectivity index (χ4v) is 0.769. The van der Waals surface area contributed by atoms with Gasteiger partial charge >= 0.3 is 0 Å². The highest BCUT2D eigenvalue weighted by atomic mass is 16.2. The van der Waals surface area contributed by atoms with Gasteiger partial charge in [0.05, 0.1) is 0 Å². The molecule has 0 atom stereocenters. The van der Waals surface area contributed by atoms with Crippen molar-refractivity contribution in [2.45, 2.75) is 6.92 Å². The predicted octanol–water partition coefficient (Wildman–Crippen LogP) is 0.0602. The van der Waals surface area contributed by atoms with E-state index in [0.29, 0.717) is 5.84 Å². The second-order valence-electron chi connectivity index (χ2n) is 2.21. The number of carbonyl (C=O) groups is 1. The van der Waals surface area contributed by atoms with Gasteiger partial charge in [-0.05, 0) is 6.92 Å². The molecule has 0 N–H and O–H groups in total. The fourth-order valence-electron chi connectivity index (χ4n) is 0.769. The molecule has 1 heterocycles. The standard InChI is InChI=1S/C7H9N3O/c1-5-9-6(4-8-2)7(11)10(5)3/h1-3H3. The summed E-state index contributed by atoms with van der Waals surface area (Å²) in [5, 5.41) is 0. The summed E-state index contributed by atoms with van der Waals surface area (Å²) in [4.78, 5) is 20.2. The Morgan fingerprint density at radius 3 is 2.64 bits per heavy atom. The number of hydrogen-bond donors (Lipinski definition) is 0. The van der Waals surface area contributed by atoms with Crippen molar-refractivity contribution in [1.29, 1.82) is 0 Å². The maximum Gasteiger partial charge on any atom is 0.287 e. The maximum absolute atomic E-state index is 11.2. The molecule has 0 fully saturated rings. The van der Waals surface area contributed by atoms with E-state index in [2.05, 4.69) is 15.9 Å². The van der Waals surface area contributed by atoms with Crippen LogP contribution in [0.3, 0.4) is 0 Å². The van der Waals surface area contributed by atoms with Gasteiger partial charge in [0.2, 0.25) is 0 Å². The van der Waals surface area contributed by atoms with E-state index < -0.39 is 0 Å². The molecule has 0 aromatic heterocycles. The number of nitrogens with zero attached hydrogens (tertiary/aromatic N) is 3. The Kier molecular flexibility index (Phi) is 1.87. The van der Waals surface area contributed by atoms with Gasteiger partial charge in [-0.15, -0.1) is 0 Å². The van der Waals surface area contributed by atoms with Crippen molar-refractivity contribution in [2.24, 2.45) is 9.98 Å². The summed E-state index contributed by atoms with van der Waals surface area (Å²) in [7, 11) is 3.23. The molecule has 4 nitrogen and oxygen atoms in total. The summed E-state index contributed by atoms with van der Waals surface area (Å²) in [5.41, 5.74) is 0.285. The van der Waals surface area contributed by atoms with E-state index in [1.807, 2.05) is 0 Å². The number of likely N-dealkylation sites (N-methyl/N-ethyl adjacent to an activating group) is 1. The summed E-state index contributed by atoms with van der Waals surface area (Å²) >= 11 is 0. The molecule has 4 heteroatoms. The number of carbonyl (C=O) groups excluding carboxylic acids is 1. The van der Waals surface area contributed by atoms with Crippen LogP contribution >= 0.6 is 0 Å². The van der Waals surface area contributed by atoms with Gasteiger partial charge in [0, 0.05) is 20.0 Å². The zero-order valence-electron chi connectivity index (χ0n) is 6.75. The van der Waals surface area contributed by atoms with E-state index in [4.69, 9.17) is 0 Å². The van der Waals surface area contributed by atoms with E-state index in [9.17, 15) is 4.79 Å². The summed E-state index contributed by atoms with van der Waals surface area (Å²) in [6, 6.07) is 0. The summed E-state index contributed by atoms with van der Waals surface area (Å²) in [6.07, 6.45) is 0. The van der Waals surface area contributed by atoms with Gasteiger partial charge in [0.25, 0.3) is 5.91 Å². The zero-order chi connectivity index (χ0) is 8.43. The summed E-state index contributed by atoms with van der Waals surface area (Å²) in [6.45, 7) is 1.77. The number of hydrogen-bond acceptors (Lipinski definition) is 3. The molecular formula is C7H9N3O. The molecule has 1 aliphatic heterocycles. The second-order valence-corrected chi connectivity index (χ2v) is 2.21. The molecule has 0 radical (unpaired) electrons. The van der Waals surface area contributed by atoms with Crippen molar-refractivity contribution in [1.82, 2.24) is 4.90 Å². The fraction of sp³-hybridized carbons (Fsp3) is 0.429. The van der Waals surface area contributed by atoms with Crippen LogP contribution in [0.2, 0.25) is 0 Å². The highest BCUT2D eigenvalue weighted by molar-refractivity contribution is 6.15. The lowest BCUT2D eigenvalue weighted by Gasteiger charge is -2.04. The van der Waals surface area contributed by atoms with Crippen LogP contribution in [0.1, 0.15) is 6.92 Å². The smallest absolute Gasteiger partial charge is 0.287 e. The Hall–Kier alpha value is -1.41. The van der Waals surface area contributed by atoms with E-state index in [1.165, 1.54) is 4.90 Å². The van der Waals surface area contributed by atoms with Gasteiger partial charge in [0.15, 0.2) is 5.70 Å². The van der Waals surface area contributed by atoms with Crippen LogP contribution in [0.25, 0.3) is 0 Å². The van der Waals surface area contributed by atoms with Crippen molar-refractivity contribution in [2.75, 3.05) is 14.1 Å².